The van der Waals surface area contributed by atoms with Crippen LogP contribution in [0, 0.1) is 11.8 Å². The fraction of sp³-hybridized carbons (Fsp3) is 0.733. The second-order valence-corrected chi connectivity index (χ2v) is 5.57. The Morgan fingerprint density at radius 1 is 1.19 bits per heavy atom. The largest absolute Gasteiger partial charge is 0.454 e. The van der Waals surface area contributed by atoms with E-state index in [9.17, 15) is 19.2 Å². The van der Waals surface area contributed by atoms with Gasteiger partial charge in [-0.05, 0) is 18.8 Å². The fourth-order valence-corrected chi connectivity index (χ4v) is 1.95. The Labute approximate surface area is 125 Å². The van der Waals surface area contributed by atoms with Gasteiger partial charge < -0.3 is 14.8 Å². The first-order valence-corrected chi connectivity index (χ1v) is 7.23. The van der Waals surface area contributed by atoms with Crippen molar-refractivity contribution in [3.05, 3.63) is 0 Å². The third-order valence-electron chi connectivity index (χ3n) is 3.32. The molecule has 0 spiro atoms. The monoisotopic (exact) mass is 299 g/mol. The first-order valence-electron chi connectivity index (χ1n) is 7.23. The number of carbonyl (C=O) groups is 4. The minimum absolute atomic E-state index is 0.156. The number of nitrogens with one attached hydrogen (secondary N) is 1. The normalized spacial score (nSPS) is 14.9. The van der Waals surface area contributed by atoms with Crippen LogP contribution < -0.4 is 5.32 Å². The minimum Gasteiger partial charge on any atom is -0.454 e. The Balaban J connectivity index is 4.93. The number of hydrogen-bond acceptors (Lipinski definition) is 5. The molecule has 0 aromatic heterocycles. The van der Waals surface area contributed by atoms with Gasteiger partial charge in [-0.15, -0.1) is 0 Å². The molecule has 120 valence electrons. The van der Waals surface area contributed by atoms with Crippen LogP contribution in [0.3, 0.4) is 0 Å². The van der Waals surface area contributed by atoms with E-state index in [4.69, 9.17) is 4.74 Å². The molecule has 0 aliphatic carbocycles. The lowest BCUT2D eigenvalue weighted by Crippen LogP contribution is -2.48. The summed E-state index contributed by atoms with van der Waals surface area (Å²) in [7, 11) is 0. The third kappa shape index (κ3) is 7.02. The van der Waals surface area contributed by atoms with Gasteiger partial charge in [-0.2, -0.15) is 0 Å². The van der Waals surface area contributed by atoms with E-state index in [0.29, 0.717) is 19.1 Å². The first kappa shape index (κ1) is 19.3. The molecule has 0 rings (SSSR count). The predicted molar refractivity (Wildman–Crippen MR) is 77.5 cm³/mol. The molecule has 0 bridgehead atoms. The van der Waals surface area contributed by atoms with E-state index in [2.05, 4.69) is 5.32 Å². The average molecular weight is 299 g/mol. The van der Waals surface area contributed by atoms with Crippen LogP contribution in [0.15, 0.2) is 0 Å². The highest BCUT2D eigenvalue weighted by atomic mass is 16.5. The maximum absolute atomic E-state index is 12.2. The van der Waals surface area contributed by atoms with Gasteiger partial charge in [0.25, 0.3) is 12.4 Å². The summed E-state index contributed by atoms with van der Waals surface area (Å²) in [6.45, 7) is 7.74. The molecule has 0 radical (unpaired) electrons. The first-order chi connectivity index (χ1) is 9.87. The lowest BCUT2D eigenvalue weighted by atomic mass is 9.96. The lowest BCUT2D eigenvalue weighted by molar-refractivity contribution is -0.149. The number of rotatable bonds is 11. The molecule has 6 heteroatoms. The Kier molecular flexibility index (Phi) is 9.25. The SMILES string of the molecule is CCC(C)C(OC=O)C(=O)N[C@@H](CC(C)C)C(=O)CC=O. The van der Waals surface area contributed by atoms with Gasteiger partial charge >= 0.3 is 0 Å². The lowest BCUT2D eigenvalue weighted by Gasteiger charge is -2.24. The van der Waals surface area contributed by atoms with Gasteiger partial charge in [-0.1, -0.05) is 27.7 Å². The quantitative estimate of drug-likeness (QED) is 0.458. The van der Waals surface area contributed by atoms with Crippen LogP contribution in [0.5, 0.6) is 0 Å². The molecule has 1 N–H and O–H groups in total. The van der Waals surface area contributed by atoms with E-state index in [0.717, 1.165) is 0 Å². The van der Waals surface area contributed by atoms with E-state index in [1.807, 2.05) is 20.8 Å². The molecule has 2 unspecified atom stereocenters. The number of ketones is 1. The highest BCUT2D eigenvalue weighted by Gasteiger charge is 2.29. The van der Waals surface area contributed by atoms with Crippen LogP contribution in [0.1, 0.15) is 47.0 Å². The Morgan fingerprint density at radius 2 is 1.81 bits per heavy atom. The molecular weight excluding hydrogens is 274 g/mol. The Bertz CT molecular complexity index is 367. The molecule has 3 atom stereocenters. The summed E-state index contributed by atoms with van der Waals surface area (Å²) >= 11 is 0. The van der Waals surface area contributed by atoms with Gasteiger partial charge in [0.1, 0.15) is 6.29 Å². The molecule has 0 aliphatic heterocycles. The third-order valence-corrected chi connectivity index (χ3v) is 3.32. The number of amides is 1. The van der Waals surface area contributed by atoms with Crippen LogP contribution in [-0.2, 0) is 23.9 Å². The molecule has 0 heterocycles. The van der Waals surface area contributed by atoms with E-state index in [1.54, 1.807) is 6.92 Å². The van der Waals surface area contributed by atoms with Crippen LogP contribution >= 0.6 is 0 Å². The van der Waals surface area contributed by atoms with Crippen LogP contribution in [0.25, 0.3) is 0 Å². The van der Waals surface area contributed by atoms with E-state index in [1.165, 1.54) is 0 Å². The van der Waals surface area contributed by atoms with E-state index < -0.39 is 18.1 Å². The average Bonchev–Trinajstić information content (AvgIpc) is 2.42. The zero-order valence-electron chi connectivity index (χ0n) is 13.1. The summed E-state index contributed by atoms with van der Waals surface area (Å²) in [5.74, 6) is -0.807. The summed E-state index contributed by atoms with van der Waals surface area (Å²) in [5, 5.41) is 2.60. The van der Waals surface area contributed by atoms with E-state index >= 15 is 0 Å². The zero-order valence-corrected chi connectivity index (χ0v) is 13.1. The maximum atomic E-state index is 12.2. The van der Waals surface area contributed by atoms with E-state index in [-0.39, 0.29) is 30.5 Å². The maximum Gasteiger partial charge on any atom is 0.293 e. The van der Waals surface area contributed by atoms with Crippen molar-refractivity contribution in [2.75, 3.05) is 0 Å². The number of carbonyl (C=O) groups excluding carboxylic acids is 4. The van der Waals surface area contributed by atoms with Crippen molar-refractivity contribution < 1.29 is 23.9 Å². The molecule has 21 heavy (non-hydrogen) atoms. The van der Waals surface area contributed by atoms with Crippen molar-refractivity contribution in [3.8, 4) is 0 Å². The van der Waals surface area contributed by atoms with Crippen LogP contribution in [0.4, 0.5) is 0 Å². The van der Waals surface area contributed by atoms with Gasteiger partial charge in [0, 0.05) is 5.92 Å². The molecular formula is C15H25NO5. The highest BCUT2D eigenvalue weighted by Crippen LogP contribution is 2.13. The second kappa shape index (κ2) is 10.1. The number of ether oxygens (including phenoxy) is 1. The summed E-state index contributed by atoms with van der Waals surface area (Å²) in [6.07, 6.45) is 0.456. The summed E-state index contributed by atoms with van der Waals surface area (Å²) in [5.41, 5.74) is 0. The smallest absolute Gasteiger partial charge is 0.293 e. The summed E-state index contributed by atoms with van der Waals surface area (Å²) in [4.78, 5) is 45.1. The molecule has 0 aliphatic rings. The molecule has 6 nitrogen and oxygen atoms in total. The van der Waals surface area contributed by atoms with Crippen molar-refractivity contribution in [1.29, 1.82) is 0 Å². The van der Waals surface area contributed by atoms with Gasteiger partial charge in [-0.3, -0.25) is 14.4 Å². The van der Waals surface area contributed by atoms with Crippen molar-refractivity contribution >= 4 is 24.4 Å². The predicted octanol–water partition coefficient (Wildman–Crippen LogP) is 1.26. The van der Waals surface area contributed by atoms with Crippen LogP contribution in [0.2, 0.25) is 0 Å². The van der Waals surface area contributed by atoms with Crippen molar-refractivity contribution in [1.82, 2.24) is 5.32 Å². The van der Waals surface area contributed by atoms with Crippen molar-refractivity contribution in [2.24, 2.45) is 11.8 Å². The standard InChI is InChI=1S/C15H25NO5/c1-5-11(4)14(21-9-18)15(20)16-12(8-10(2)3)13(19)6-7-17/h7,9-12,14H,5-6,8H2,1-4H3,(H,16,20)/t11?,12-,14?/m0/s1. The van der Waals surface area contributed by atoms with Gasteiger partial charge in [0.2, 0.25) is 0 Å². The number of hydrogen-bond donors (Lipinski definition) is 1. The molecule has 0 aromatic rings. The molecule has 0 saturated carbocycles. The molecule has 1 amide bonds. The number of Topliss-reactive ketones (excluding diaryl/α,β-unsaturated/α-hetero) is 1. The van der Waals surface area contributed by atoms with Crippen molar-refractivity contribution in [3.63, 3.8) is 0 Å². The Morgan fingerprint density at radius 3 is 2.24 bits per heavy atom. The zero-order chi connectivity index (χ0) is 16.4. The summed E-state index contributed by atoms with van der Waals surface area (Å²) < 4.78 is 4.83. The molecule has 0 aromatic carbocycles. The van der Waals surface area contributed by atoms with Crippen LogP contribution in [-0.4, -0.2) is 36.6 Å². The topological polar surface area (TPSA) is 89.5 Å². The Hall–Kier alpha value is -1.72. The number of aldehydes is 1. The van der Waals surface area contributed by atoms with Gasteiger partial charge in [0.15, 0.2) is 11.9 Å². The minimum atomic E-state index is -0.925. The fourth-order valence-electron chi connectivity index (χ4n) is 1.95. The molecule has 0 saturated heterocycles. The second-order valence-electron chi connectivity index (χ2n) is 5.57. The van der Waals surface area contributed by atoms with Crippen molar-refractivity contribution in [2.45, 2.75) is 59.1 Å². The molecule has 0 fully saturated rings. The van der Waals surface area contributed by atoms with Gasteiger partial charge in [0.05, 0.1) is 12.5 Å². The van der Waals surface area contributed by atoms with Gasteiger partial charge in [-0.25, -0.2) is 0 Å². The highest BCUT2D eigenvalue weighted by molar-refractivity contribution is 5.96. The summed E-state index contributed by atoms with van der Waals surface area (Å²) in [6, 6.07) is -0.732.